The monoisotopic (exact) mass is 210 g/mol. The van der Waals surface area contributed by atoms with Crippen molar-refractivity contribution in [2.75, 3.05) is 19.6 Å². The highest BCUT2D eigenvalue weighted by molar-refractivity contribution is 5.78. The van der Waals surface area contributed by atoms with E-state index in [1.54, 1.807) is 0 Å². The first kappa shape index (κ1) is 10.9. The Morgan fingerprint density at radius 3 is 2.80 bits per heavy atom. The maximum atomic E-state index is 11.4. The zero-order valence-corrected chi connectivity index (χ0v) is 9.67. The lowest BCUT2D eigenvalue weighted by Gasteiger charge is -2.28. The second-order valence-corrected chi connectivity index (χ2v) is 5.05. The van der Waals surface area contributed by atoms with Crippen LogP contribution in [0.15, 0.2) is 0 Å². The molecule has 3 nitrogen and oxygen atoms in total. The summed E-state index contributed by atoms with van der Waals surface area (Å²) >= 11 is 0. The predicted molar refractivity (Wildman–Crippen MR) is 60.6 cm³/mol. The van der Waals surface area contributed by atoms with Crippen molar-refractivity contribution in [1.82, 2.24) is 10.2 Å². The van der Waals surface area contributed by atoms with Gasteiger partial charge >= 0.3 is 0 Å². The lowest BCUT2D eigenvalue weighted by atomic mass is 9.85. The fourth-order valence-corrected chi connectivity index (χ4v) is 2.36. The molecule has 0 bridgehead atoms. The highest BCUT2D eigenvalue weighted by Crippen LogP contribution is 2.25. The van der Waals surface area contributed by atoms with Crippen LogP contribution < -0.4 is 5.32 Å². The molecule has 2 fully saturated rings. The Morgan fingerprint density at radius 2 is 2.27 bits per heavy atom. The van der Waals surface area contributed by atoms with E-state index in [2.05, 4.69) is 12.2 Å². The number of hydrogen-bond acceptors (Lipinski definition) is 2. The molecule has 2 aliphatic rings. The number of nitrogens with zero attached hydrogens (tertiary/aromatic N) is 1. The molecular weight excluding hydrogens is 188 g/mol. The average Bonchev–Trinajstić information content (AvgIpc) is 2.49. The summed E-state index contributed by atoms with van der Waals surface area (Å²) in [5.74, 6) is 1.24. The van der Waals surface area contributed by atoms with Crippen LogP contribution in [0.3, 0.4) is 0 Å². The molecular formula is C12H22N2O. The van der Waals surface area contributed by atoms with E-state index in [1.807, 2.05) is 4.90 Å². The summed E-state index contributed by atoms with van der Waals surface area (Å²) < 4.78 is 0. The minimum atomic E-state index is 0.340. The van der Waals surface area contributed by atoms with Crippen LogP contribution in [0.2, 0.25) is 0 Å². The molecule has 15 heavy (non-hydrogen) atoms. The van der Waals surface area contributed by atoms with Gasteiger partial charge in [-0.25, -0.2) is 0 Å². The minimum absolute atomic E-state index is 0.340. The Labute approximate surface area is 92.2 Å². The average molecular weight is 210 g/mol. The van der Waals surface area contributed by atoms with Crippen molar-refractivity contribution in [3.63, 3.8) is 0 Å². The molecule has 1 aliphatic heterocycles. The number of nitrogens with one attached hydrogen (secondary N) is 1. The first-order valence-corrected chi connectivity index (χ1v) is 6.27. The zero-order valence-electron chi connectivity index (χ0n) is 9.67. The van der Waals surface area contributed by atoms with E-state index in [9.17, 15) is 4.79 Å². The maximum absolute atomic E-state index is 11.4. The van der Waals surface area contributed by atoms with Crippen molar-refractivity contribution in [3.8, 4) is 0 Å². The summed E-state index contributed by atoms with van der Waals surface area (Å²) in [5, 5.41) is 3.54. The van der Waals surface area contributed by atoms with Gasteiger partial charge in [0.05, 0.1) is 0 Å². The lowest BCUT2D eigenvalue weighted by molar-refractivity contribution is -0.127. The molecule has 1 saturated heterocycles. The topological polar surface area (TPSA) is 32.3 Å². The van der Waals surface area contributed by atoms with Gasteiger partial charge in [0.25, 0.3) is 0 Å². The predicted octanol–water partition coefficient (Wildman–Crippen LogP) is 1.39. The van der Waals surface area contributed by atoms with Crippen molar-refractivity contribution in [1.29, 1.82) is 0 Å². The standard InChI is InChI=1S/C12H22N2O/c1-10(13-8-11-4-2-5-11)9-14-7-3-6-12(14)15/h10-11,13H,2-9H2,1H3. The van der Waals surface area contributed by atoms with Crippen LogP contribution in [0.4, 0.5) is 0 Å². The highest BCUT2D eigenvalue weighted by Gasteiger charge is 2.22. The van der Waals surface area contributed by atoms with Gasteiger partial charge in [0, 0.05) is 25.6 Å². The third-order valence-corrected chi connectivity index (χ3v) is 3.65. The smallest absolute Gasteiger partial charge is 0.222 e. The largest absolute Gasteiger partial charge is 0.341 e. The molecule has 1 aliphatic carbocycles. The van der Waals surface area contributed by atoms with Gasteiger partial charge in [0.1, 0.15) is 0 Å². The van der Waals surface area contributed by atoms with E-state index in [0.717, 1.165) is 38.4 Å². The van der Waals surface area contributed by atoms with Crippen LogP contribution in [0.1, 0.15) is 39.0 Å². The first-order valence-electron chi connectivity index (χ1n) is 6.27. The molecule has 1 unspecified atom stereocenters. The summed E-state index contributed by atoms with van der Waals surface area (Å²) in [4.78, 5) is 13.4. The van der Waals surface area contributed by atoms with Crippen molar-refractivity contribution in [2.24, 2.45) is 5.92 Å². The third kappa shape index (κ3) is 2.94. The fourth-order valence-electron chi connectivity index (χ4n) is 2.36. The summed E-state index contributed by atoms with van der Waals surface area (Å²) in [6.07, 6.45) is 6.00. The molecule has 1 heterocycles. The summed E-state index contributed by atoms with van der Waals surface area (Å²) in [6, 6.07) is 0.452. The Kier molecular flexibility index (Phi) is 3.62. The van der Waals surface area contributed by atoms with Crippen LogP contribution in [-0.4, -0.2) is 36.5 Å². The summed E-state index contributed by atoms with van der Waals surface area (Å²) in [6.45, 7) is 5.19. The van der Waals surface area contributed by atoms with Crippen molar-refractivity contribution in [2.45, 2.75) is 45.1 Å². The Balaban J connectivity index is 1.62. The van der Waals surface area contributed by atoms with Crippen molar-refractivity contribution >= 4 is 5.91 Å². The van der Waals surface area contributed by atoms with Gasteiger partial charge in [-0.2, -0.15) is 0 Å². The number of carbonyl (C=O) groups is 1. The van der Waals surface area contributed by atoms with Gasteiger partial charge < -0.3 is 10.2 Å². The second kappa shape index (κ2) is 4.97. The van der Waals surface area contributed by atoms with E-state index in [0.29, 0.717) is 11.9 Å². The number of likely N-dealkylation sites (tertiary alicyclic amines) is 1. The Morgan fingerprint density at radius 1 is 1.47 bits per heavy atom. The number of amides is 1. The maximum Gasteiger partial charge on any atom is 0.222 e. The van der Waals surface area contributed by atoms with Crippen LogP contribution in [0, 0.1) is 5.92 Å². The van der Waals surface area contributed by atoms with E-state index in [-0.39, 0.29) is 0 Å². The summed E-state index contributed by atoms with van der Waals surface area (Å²) in [5.41, 5.74) is 0. The molecule has 0 aromatic heterocycles. The van der Waals surface area contributed by atoms with E-state index in [1.165, 1.54) is 19.3 Å². The van der Waals surface area contributed by atoms with Gasteiger partial charge in [-0.05, 0) is 38.6 Å². The van der Waals surface area contributed by atoms with E-state index >= 15 is 0 Å². The molecule has 0 aromatic rings. The quantitative estimate of drug-likeness (QED) is 0.743. The Hall–Kier alpha value is -0.570. The van der Waals surface area contributed by atoms with Crippen LogP contribution in [0.5, 0.6) is 0 Å². The molecule has 3 heteroatoms. The normalized spacial score (nSPS) is 24.3. The van der Waals surface area contributed by atoms with E-state index < -0.39 is 0 Å². The van der Waals surface area contributed by atoms with Gasteiger partial charge in [-0.3, -0.25) is 4.79 Å². The molecule has 0 aromatic carbocycles. The molecule has 86 valence electrons. The van der Waals surface area contributed by atoms with Crippen LogP contribution >= 0.6 is 0 Å². The molecule has 0 radical (unpaired) electrons. The molecule has 1 saturated carbocycles. The van der Waals surface area contributed by atoms with E-state index in [4.69, 9.17) is 0 Å². The zero-order chi connectivity index (χ0) is 10.7. The van der Waals surface area contributed by atoms with Crippen LogP contribution in [-0.2, 0) is 4.79 Å². The molecule has 0 spiro atoms. The molecule has 1 amide bonds. The minimum Gasteiger partial charge on any atom is -0.341 e. The van der Waals surface area contributed by atoms with Crippen molar-refractivity contribution < 1.29 is 4.79 Å². The third-order valence-electron chi connectivity index (χ3n) is 3.65. The van der Waals surface area contributed by atoms with Crippen LogP contribution in [0.25, 0.3) is 0 Å². The molecule has 1 N–H and O–H groups in total. The highest BCUT2D eigenvalue weighted by atomic mass is 16.2. The fraction of sp³-hybridized carbons (Fsp3) is 0.917. The van der Waals surface area contributed by atoms with Gasteiger partial charge in [0.2, 0.25) is 5.91 Å². The number of rotatable bonds is 5. The van der Waals surface area contributed by atoms with Gasteiger partial charge in [0.15, 0.2) is 0 Å². The van der Waals surface area contributed by atoms with Gasteiger partial charge in [-0.15, -0.1) is 0 Å². The first-order chi connectivity index (χ1) is 7.25. The Bertz CT molecular complexity index is 226. The number of hydrogen-bond donors (Lipinski definition) is 1. The molecule has 1 atom stereocenters. The number of carbonyl (C=O) groups excluding carboxylic acids is 1. The van der Waals surface area contributed by atoms with Gasteiger partial charge in [-0.1, -0.05) is 6.42 Å². The molecule has 2 rings (SSSR count). The summed E-state index contributed by atoms with van der Waals surface area (Å²) in [7, 11) is 0. The second-order valence-electron chi connectivity index (χ2n) is 5.05. The SMILES string of the molecule is CC(CN1CCCC1=O)NCC1CCC1. The van der Waals surface area contributed by atoms with Crippen molar-refractivity contribution in [3.05, 3.63) is 0 Å². The lowest BCUT2D eigenvalue weighted by Crippen LogP contribution is -2.42.